The zero-order valence-corrected chi connectivity index (χ0v) is 15.6. The summed E-state index contributed by atoms with van der Waals surface area (Å²) in [5.74, 6) is 0.816. The second-order valence-electron chi connectivity index (χ2n) is 7.06. The fourth-order valence-electron chi connectivity index (χ4n) is 3.39. The molecule has 0 aliphatic carbocycles. The molecule has 136 valence electrons. The Hall–Kier alpha value is -2.67. The van der Waals surface area contributed by atoms with Gasteiger partial charge in [0.25, 0.3) is 0 Å². The Morgan fingerprint density at radius 3 is 2.42 bits per heavy atom. The molecule has 0 bridgehead atoms. The maximum atomic E-state index is 4.46. The molecule has 0 spiro atoms. The smallest absolute Gasteiger partial charge is 0.179 e. The van der Waals surface area contributed by atoms with Crippen LogP contribution in [0.3, 0.4) is 0 Å². The summed E-state index contributed by atoms with van der Waals surface area (Å²) >= 11 is 0. The molecule has 1 saturated heterocycles. The van der Waals surface area contributed by atoms with E-state index < -0.39 is 0 Å². The summed E-state index contributed by atoms with van der Waals surface area (Å²) in [6, 6.07) is 10.9. The summed E-state index contributed by atoms with van der Waals surface area (Å²) in [5.41, 5.74) is 4.54. The van der Waals surface area contributed by atoms with E-state index in [4.69, 9.17) is 0 Å². The lowest BCUT2D eigenvalue weighted by atomic mass is 10.1. The Labute approximate surface area is 153 Å². The number of rotatable bonds is 4. The first-order chi connectivity index (χ1) is 12.6. The van der Waals surface area contributed by atoms with Crippen LogP contribution in [0.1, 0.15) is 11.4 Å². The Kier molecular flexibility index (Phi) is 4.46. The summed E-state index contributed by atoms with van der Waals surface area (Å²) in [4.78, 5) is 7.02. The maximum Gasteiger partial charge on any atom is 0.179 e. The summed E-state index contributed by atoms with van der Waals surface area (Å²) in [6.45, 7) is 7.01. The lowest BCUT2D eigenvalue weighted by Gasteiger charge is -2.36. The molecule has 7 heteroatoms. The van der Waals surface area contributed by atoms with E-state index in [0.717, 1.165) is 49.9 Å². The highest BCUT2D eigenvalue weighted by Crippen LogP contribution is 2.19. The number of hydrogen-bond donors (Lipinski definition) is 0. The van der Waals surface area contributed by atoms with Crippen molar-refractivity contribution in [1.82, 2.24) is 24.7 Å². The molecule has 0 N–H and O–H groups in total. The third-order valence-corrected chi connectivity index (χ3v) is 5.00. The monoisotopic (exact) mass is 351 g/mol. The van der Waals surface area contributed by atoms with Crippen molar-refractivity contribution in [3.05, 3.63) is 47.9 Å². The van der Waals surface area contributed by atoms with E-state index >= 15 is 0 Å². The lowest BCUT2D eigenvalue weighted by Crippen LogP contribution is -2.46. The summed E-state index contributed by atoms with van der Waals surface area (Å²) < 4.78 is 1.77. The quantitative estimate of drug-likeness (QED) is 0.715. The van der Waals surface area contributed by atoms with Crippen LogP contribution < -0.4 is 9.80 Å². The molecule has 7 nitrogen and oxygen atoms in total. The number of fused-ring (bicyclic) bond motifs is 1. The molecule has 4 rings (SSSR count). The van der Waals surface area contributed by atoms with E-state index in [-0.39, 0.29) is 0 Å². The maximum absolute atomic E-state index is 4.46. The molecule has 0 radical (unpaired) electrons. The van der Waals surface area contributed by atoms with E-state index in [2.05, 4.69) is 74.4 Å². The third kappa shape index (κ3) is 3.35. The Morgan fingerprint density at radius 1 is 1.00 bits per heavy atom. The SMILES string of the molecule is Cc1nnc2cc(N3CCN(Cc4ccc(N(C)C)cc4)CC3)cnn12. The molecule has 1 fully saturated rings. The van der Waals surface area contributed by atoms with Crippen molar-refractivity contribution in [2.75, 3.05) is 50.1 Å². The predicted octanol–water partition coefficient (Wildman–Crippen LogP) is 1.82. The molecule has 26 heavy (non-hydrogen) atoms. The topological polar surface area (TPSA) is 52.8 Å². The molecule has 1 aliphatic rings. The molecule has 1 aromatic carbocycles. The van der Waals surface area contributed by atoms with Gasteiger partial charge in [-0.25, -0.2) is 0 Å². The summed E-state index contributed by atoms with van der Waals surface area (Å²) in [7, 11) is 4.14. The number of hydrogen-bond acceptors (Lipinski definition) is 6. The minimum Gasteiger partial charge on any atom is -0.378 e. The fraction of sp³-hybridized carbons (Fsp3) is 0.421. The minimum absolute atomic E-state index is 0.809. The van der Waals surface area contributed by atoms with Crippen molar-refractivity contribution >= 4 is 17.0 Å². The standard InChI is InChI=1S/C19H25N7/c1-15-21-22-19-12-18(13-20-26(15)19)25-10-8-24(9-11-25)14-16-4-6-17(7-5-16)23(2)3/h4-7,12-13H,8-11,14H2,1-3H3. The largest absolute Gasteiger partial charge is 0.378 e. The van der Waals surface area contributed by atoms with Gasteiger partial charge in [0.05, 0.1) is 11.9 Å². The lowest BCUT2D eigenvalue weighted by molar-refractivity contribution is 0.250. The van der Waals surface area contributed by atoms with Crippen molar-refractivity contribution < 1.29 is 0 Å². The van der Waals surface area contributed by atoms with Crippen LogP contribution in [0.2, 0.25) is 0 Å². The number of aryl methyl sites for hydroxylation is 1. The van der Waals surface area contributed by atoms with Gasteiger partial charge in [-0.05, 0) is 24.6 Å². The Morgan fingerprint density at radius 2 is 1.73 bits per heavy atom. The van der Waals surface area contributed by atoms with Gasteiger partial charge in [0.2, 0.25) is 0 Å². The van der Waals surface area contributed by atoms with Gasteiger partial charge >= 0.3 is 0 Å². The summed E-state index contributed by atoms with van der Waals surface area (Å²) in [6.07, 6.45) is 1.92. The average Bonchev–Trinajstić information content (AvgIpc) is 3.03. The zero-order valence-electron chi connectivity index (χ0n) is 15.6. The van der Waals surface area contributed by atoms with Crippen LogP contribution >= 0.6 is 0 Å². The van der Waals surface area contributed by atoms with Crippen molar-refractivity contribution in [2.45, 2.75) is 13.5 Å². The number of aromatic nitrogens is 4. The molecule has 0 amide bonds. The van der Waals surface area contributed by atoms with Crippen LogP contribution in [0.4, 0.5) is 11.4 Å². The third-order valence-electron chi connectivity index (χ3n) is 5.00. The van der Waals surface area contributed by atoms with Crippen molar-refractivity contribution in [1.29, 1.82) is 0 Å². The number of anilines is 2. The van der Waals surface area contributed by atoms with Gasteiger partial charge in [0, 0.05) is 58.6 Å². The highest BCUT2D eigenvalue weighted by molar-refractivity contribution is 5.54. The highest BCUT2D eigenvalue weighted by Gasteiger charge is 2.18. The van der Waals surface area contributed by atoms with E-state index in [1.54, 1.807) is 4.52 Å². The van der Waals surface area contributed by atoms with Gasteiger partial charge in [-0.2, -0.15) is 9.61 Å². The molecule has 3 aromatic rings. The molecule has 1 aliphatic heterocycles. The van der Waals surface area contributed by atoms with E-state index in [1.807, 2.05) is 13.1 Å². The number of nitrogens with zero attached hydrogens (tertiary/aromatic N) is 7. The molecular formula is C19H25N7. The van der Waals surface area contributed by atoms with Crippen LogP contribution in [0.15, 0.2) is 36.5 Å². The van der Waals surface area contributed by atoms with Gasteiger partial charge in [0.1, 0.15) is 0 Å². The first-order valence-electron chi connectivity index (χ1n) is 9.02. The Balaban J connectivity index is 1.37. The molecule has 0 unspecified atom stereocenters. The molecule has 0 saturated carbocycles. The molecular weight excluding hydrogens is 326 g/mol. The minimum atomic E-state index is 0.809. The second-order valence-corrected chi connectivity index (χ2v) is 7.06. The van der Waals surface area contributed by atoms with E-state index in [0.29, 0.717) is 0 Å². The van der Waals surface area contributed by atoms with Crippen LogP contribution in [-0.4, -0.2) is 65.0 Å². The first-order valence-corrected chi connectivity index (χ1v) is 9.02. The van der Waals surface area contributed by atoms with Crippen LogP contribution in [0.5, 0.6) is 0 Å². The van der Waals surface area contributed by atoms with Crippen LogP contribution in [0, 0.1) is 6.92 Å². The normalized spacial score (nSPS) is 15.6. The van der Waals surface area contributed by atoms with Crippen LogP contribution in [-0.2, 0) is 6.54 Å². The zero-order chi connectivity index (χ0) is 18.1. The van der Waals surface area contributed by atoms with Gasteiger partial charge in [-0.3, -0.25) is 4.90 Å². The van der Waals surface area contributed by atoms with Crippen molar-refractivity contribution in [3.63, 3.8) is 0 Å². The average molecular weight is 351 g/mol. The molecule has 0 atom stereocenters. The number of benzene rings is 1. The summed E-state index contributed by atoms with van der Waals surface area (Å²) in [5, 5.41) is 12.7. The number of piperazine rings is 1. The Bertz CT molecular complexity index is 877. The predicted molar refractivity (Wildman–Crippen MR) is 104 cm³/mol. The molecule has 2 aromatic heterocycles. The fourth-order valence-corrected chi connectivity index (χ4v) is 3.39. The van der Waals surface area contributed by atoms with E-state index in [9.17, 15) is 0 Å². The van der Waals surface area contributed by atoms with Crippen molar-refractivity contribution in [3.8, 4) is 0 Å². The van der Waals surface area contributed by atoms with E-state index in [1.165, 1.54) is 11.3 Å². The first kappa shape index (κ1) is 16.8. The van der Waals surface area contributed by atoms with Gasteiger partial charge in [-0.15, -0.1) is 10.2 Å². The van der Waals surface area contributed by atoms with Gasteiger partial charge < -0.3 is 9.80 Å². The van der Waals surface area contributed by atoms with Crippen LogP contribution in [0.25, 0.3) is 5.65 Å². The van der Waals surface area contributed by atoms with Gasteiger partial charge in [-0.1, -0.05) is 12.1 Å². The highest BCUT2D eigenvalue weighted by atomic mass is 15.4. The van der Waals surface area contributed by atoms with Crippen molar-refractivity contribution in [2.24, 2.45) is 0 Å². The van der Waals surface area contributed by atoms with Gasteiger partial charge in [0.15, 0.2) is 11.5 Å². The second kappa shape index (κ2) is 6.92. The molecule has 3 heterocycles.